The van der Waals surface area contributed by atoms with Crippen LogP contribution >= 0.6 is 31.9 Å². The van der Waals surface area contributed by atoms with E-state index in [-0.39, 0.29) is 12.5 Å². The molecular formula is C15H14Br2N2O2. The van der Waals surface area contributed by atoms with Crippen LogP contribution in [0.4, 0.5) is 11.4 Å². The van der Waals surface area contributed by atoms with Crippen LogP contribution < -0.4 is 15.4 Å². The standard InChI is InChI=1S/C15H14Br2N2O2/c1-21-12-7-10(16)6-11(8-12)18-9-15(20)19-14-5-3-2-4-13(14)17/h2-8,18H,9H2,1H3,(H,19,20). The molecule has 0 atom stereocenters. The van der Waals surface area contributed by atoms with Gasteiger partial charge in [0.2, 0.25) is 5.91 Å². The lowest BCUT2D eigenvalue weighted by Crippen LogP contribution is -2.21. The summed E-state index contributed by atoms with van der Waals surface area (Å²) in [5.41, 5.74) is 1.56. The number of amides is 1. The Balaban J connectivity index is 1.95. The van der Waals surface area contributed by atoms with Crippen molar-refractivity contribution in [1.29, 1.82) is 0 Å². The highest BCUT2D eigenvalue weighted by Gasteiger charge is 2.06. The summed E-state index contributed by atoms with van der Waals surface area (Å²) < 4.78 is 6.91. The molecule has 6 heteroatoms. The molecule has 0 aliphatic rings. The maximum absolute atomic E-state index is 11.9. The van der Waals surface area contributed by atoms with Gasteiger partial charge >= 0.3 is 0 Å². The average Bonchev–Trinajstić information content (AvgIpc) is 2.47. The number of hydrogen-bond acceptors (Lipinski definition) is 3. The van der Waals surface area contributed by atoms with E-state index >= 15 is 0 Å². The molecule has 0 aliphatic heterocycles. The third-order valence-electron chi connectivity index (χ3n) is 2.71. The number of ether oxygens (including phenoxy) is 1. The van der Waals surface area contributed by atoms with Gasteiger partial charge in [-0.15, -0.1) is 0 Å². The van der Waals surface area contributed by atoms with Gasteiger partial charge in [0.1, 0.15) is 5.75 Å². The first-order valence-corrected chi connectivity index (χ1v) is 7.80. The van der Waals surface area contributed by atoms with E-state index in [9.17, 15) is 4.79 Å². The van der Waals surface area contributed by atoms with Crippen molar-refractivity contribution in [2.45, 2.75) is 0 Å². The normalized spacial score (nSPS) is 10.0. The largest absolute Gasteiger partial charge is 0.497 e. The van der Waals surface area contributed by atoms with Crippen molar-refractivity contribution in [3.63, 3.8) is 0 Å². The Morgan fingerprint density at radius 1 is 1.19 bits per heavy atom. The molecule has 21 heavy (non-hydrogen) atoms. The summed E-state index contributed by atoms with van der Waals surface area (Å²) >= 11 is 6.79. The number of hydrogen-bond donors (Lipinski definition) is 2. The average molecular weight is 414 g/mol. The Bertz CT molecular complexity index is 647. The smallest absolute Gasteiger partial charge is 0.243 e. The molecule has 2 N–H and O–H groups in total. The zero-order valence-corrected chi connectivity index (χ0v) is 14.5. The molecule has 0 radical (unpaired) electrons. The summed E-state index contributed by atoms with van der Waals surface area (Å²) in [5, 5.41) is 5.89. The van der Waals surface area contributed by atoms with Gasteiger partial charge in [-0.3, -0.25) is 4.79 Å². The topological polar surface area (TPSA) is 50.4 Å². The van der Waals surface area contributed by atoms with Crippen LogP contribution in [0.3, 0.4) is 0 Å². The third-order valence-corrected chi connectivity index (χ3v) is 3.86. The maximum Gasteiger partial charge on any atom is 0.243 e. The number of halogens is 2. The Morgan fingerprint density at radius 2 is 1.95 bits per heavy atom. The van der Waals surface area contributed by atoms with Gasteiger partial charge in [0, 0.05) is 20.7 Å². The Morgan fingerprint density at radius 3 is 2.67 bits per heavy atom. The summed E-state index contributed by atoms with van der Waals surface area (Å²) in [6, 6.07) is 13.0. The van der Waals surface area contributed by atoms with E-state index in [0.717, 1.165) is 26.1 Å². The first-order valence-electron chi connectivity index (χ1n) is 6.21. The molecule has 0 saturated carbocycles. The van der Waals surface area contributed by atoms with Gasteiger partial charge < -0.3 is 15.4 Å². The van der Waals surface area contributed by atoms with Crippen molar-refractivity contribution in [1.82, 2.24) is 0 Å². The molecule has 0 fully saturated rings. The fraction of sp³-hybridized carbons (Fsp3) is 0.133. The second-order valence-corrected chi connectivity index (χ2v) is 6.03. The first-order chi connectivity index (χ1) is 10.1. The number of nitrogens with one attached hydrogen (secondary N) is 2. The third kappa shape index (κ3) is 4.75. The van der Waals surface area contributed by atoms with Crippen LogP contribution in [0.2, 0.25) is 0 Å². The predicted octanol–water partition coefficient (Wildman–Crippen LogP) is 4.27. The Hall–Kier alpha value is -1.53. The fourth-order valence-corrected chi connectivity index (χ4v) is 2.58. The van der Waals surface area contributed by atoms with E-state index in [4.69, 9.17) is 4.74 Å². The van der Waals surface area contributed by atoms with Gasteiger partial charge in [0.15, 0.2) is 0 Å². The lowest BCUT2D eigenvalue weighted by Gasteiger charge is -2.10. The number of para-hydroxylation sites is 1. The van der Waals surface area contributed by atoms with Crippen molar-refractivity contribution >= 4 is 49.1 Å². The van der Waals surface area contributed by atoms with Crippen LogP contribution in [0.25, 0.3) is 0 Å². The van der Waals surface area contributed by atoms with Crippen molar-refractivity contribution in [3.05, 3.63) is 51.4 Å². The summed E-state index contributed by atoms with van der Waals surface area (Å²) in [6.45, 7) is 0.168. The Labute approximate surface area is 140 Å². The van der Waals surface area contributed by atoms with Gasteiger partial charge in [0.05, 0.1) is 19.3 Å². The van der Waals surface area contributed by atoms with Crippen molar-refractivity contribution < 1.29 is 9.53 Å². The van der Waals surface area contributed by atoms with Crippen molar-refractivity contribution in [2.75, 3.05) is 24.3 Å². The summed E-state index contributed by atoms with van der Waals surface area (Å²) in [5.74, 6) is 0.596. The molecule has 0 unspecified atom stereocenters. The molecule has 2 aromatic rings. The monoisotopic (exact) mass is 412 g/mol. The van der Waals surface area contributed by atoms with Gasteiger partial charge in [-0.1, -0.05) is 28.1 Å². The molecule has 110 valence electrons. The molecule has 1 amide bonds. The van der Waals surface area contributed by atoms with E-state index in [0.29, 0.717) is 0 Å². The lowest BCUT2D eigenvalue weighted by atomic mass is 10.3. The summed E-state index contributed by atoms with van der Waals surface area (Å²) in [6.07, 6.45) is 0. The van der Waals surface area contributed by atoms with Crippen LogP contribution in [0.5, 0.6) is 5.75 Å². The molecule has 0 aliphatic carbocycles. The molecule has 0 heterocycles. The van der Waals surface area contributed by atoms with E-state index in [1.54, 1.807) is 7.11 Å². The highest BCUT2D eigenvalue weighted by molar-refractivity contribution is 9.10. The van der Waals surface area contributed by atoms with Crippen LogP contribution in [0, 0.1) is 0 Å². The Kier molecular flexibility index (Phi) is 5.64. The van der Waals surface area contributed by atoms with E-state index in [1.165, 1.54) is 0 Å². The van der Waals surface area contributed by atoms with Gasteiger partial charge in [0.25, 0.3) is 0 Å². The highest BCUT2D eigenvalue weighted by Crippen LogP contribution is 2.24. The van der Waals surface area contributed by atoms with E-state index in [1.807, 2.05) is 42.5 Å². The van der Waals surface area contributed by atoms with E-state index < -0.39 is 0 Å². The second kappa shape index (κ2) is 7.47. The van der Waals surface area contributed by atoms with Crippen LogP contribution in [0.15, 0.2) is 51.4 Å². The molecule has 2 aromatic carbocycles. The fourth-order valence-electron chi connectivity index (χ4n) is 1.72. The minimum absolute atomic E-state index is 0.124. The number of benzene rings is 2. The molecule has 0 aromatic heterocycles. The molecule has 4 nitrogen and oxygen atoms in total. The SMILES string of the molecule is COc1cc(Br)cc(NCC(=O)Nc2ccccc2Br)c1. The van der Waals surface area contributed by atoms with Gasteiger partial charge in [-0.2, -0.15) is 0 Å². The number of rotatable bonds is 5. The lowest BCUT2D eigenvalue weighted by molar-refractivity contribution is -0.114. The first kappa shape index (κ1) is 15.9. The zero-order chi connectivity index (χ0) is 15.2. The summed E-state index contributed by atoms with van der Waals surface area (Å²) in [4.78, 5) is 11.9. The number of anilines is 2. The quantitative estimate of drug-likeness (QED) is 0.769. The number of carbonyl (C=O) groups is 1. The van der Waals surface area contributed by atoms with Crippen molar-refractivity contribution in [3.8, 4) is 5.75 Å². The molecule has 2 rings (SSSR count). The van der Waals surface area contributed by atoms with Crippen LogP contribution in [-0.2, 0) is 4.79 Å². The zero-order valence-electron chi connectivity index (χ0n) is 11.3. The maximum atomic E-state index is 11.9. The minimum Gasteiger partial charge on any atom is -0.497 e. The molecule has 0 spiro atoms. The van der Waals surface area contributed by atoms with Gasteiger partial charge in [-0.05, 0) is 40.2 Å². The highest BCUT2D eigenvalue weighted by atomic mass is 79.9. The minimum atomic E-state index is -0.124. The second-order valence-electron chi connectivity index (χ2n) is 4.26. The number of methoxy groups -OCH3 is 1. The van der Waals surface area contributed by atoms with Crippen LogP contribution in [-0.4, -0.2) is 19.6 Å². The van der Waals surface area contributed by atoms with Crippen LogP contribution in [0.1, 0.15) is 0 Å². The predicted molar refractivity (Wildman–Crippen MR) is 92.0 cm³/mol. The molecule has 0 bridgehead atoms. The van der Waals surface area contributed by atoms with Gasteiger partial charge in [-0.25, -0.2) is 0 Å². The van der Waals surface area contributed by atoms with Crippen molar-refractivity contribution in [2.24, 2.45) is 0 Å². The summed E-state index contributed by atoms with van der Waals surface area (Å²) in [7, 11) is 1.60. The van der Waals surface area contributed by atoms with E-state index in [2.05, 4.69) is 42.5 Å². The molecular weight excluding hydrogens is 400 g/mol. The molecule has 0 saturated heterocycles. The number of carbonyl (C=O) groups excluding carboxylic acids is 1.